The first kappa shape index (κ1) is 24.0. The average molecular weight is 466 g/mol. The SMILES string of the molecule is Cn1cccc1C(CNC(=O)C(=O)Nc1cccc(N2CCCCC2=O)c1)N1CCCCCC1. The maximum Gasteiger partial charge on any atom is 0.313 e. The molecular formula is C26H35N5O3. The minimum Gasteiger partial charge on any atom is -0.353 e. The summed E-state index contributed by atoms with van der Waals surface area (Å²) in [5, 5.41) is 5.54. The first-order chi connectivity index (χ1) is 16.5. The summed E-state index contributed by atoms with van der Waals surface area (Å²) < 4.78 is 2.08. The normalized spacial score (nSPS) is 18.3. The lowest BCUT2D eigenvalue weighted by atomic mass is 10.1. The number of carbonyl (C=O) groups is 3. The van der Waals surface area contributed by atoms with Crippen LogP contribution in [0.5, 0.6) is 0 Å². The van der Waals surface area contributed by atoms with Gasteiger partial charge in [-0.05, 0) is 69.1 Å². The van der Waals surface area contributed by atoms with E-state index in [1.54, 1.807) is 23.1 Å². The number of aromatic nitrogens is 1. The second-order valence-electron chi connectivity index (χ2n) is 9.23. The van der Waals surface area contributed by atoms with Gasteiger partial charge in [0.15, 0.2) is 0 Å². The molecule has 2 fully saturated rings. The monoisotopic (exact) mass is 465 g/mol. The number of anilines is 2. The van der Waals surface area contributed by atoms with Crippen molar-refractivity contribution in [3.63, 3.8) is 0 Å². The quantitative estimate of drug-likeness (QED) is 0.642. The Morgan fingerprint density at radius 1 is 0.941 bits per heavy atom. The molecule has 0 aliphatic carbocycles. The minimum atomic E-state index is -0.705. The summed E-state index contributed by atoms with van der Waals surface area (Å²) in [5.74, 6) is -1.27. The Labute approximate surface area is 201 Å². The van der Waals surface area contributed by atoms with Crippen molar-refractivity contribution in [3.8, 4) is 0 Å². The van der Waals surface area contributed by atoms with E-state index in [1.165, 1.54) is 12.8 Å². The third-order valence-corrected chi connectivity index (χ3v) is 6.81. The van der Waals surface area contributed by atoms with E-state index in [0.29, 0.717) is 25.2 Å². The maximum atomic E-state index is 12.7. The van der Waals surface area contributed by atoms with Crippen molar-refractivity contribution >= 4 is 29.1 Å². The van der Waals surface area contributed by atoms with Crippen LogP contribution in [0, 0.1) is 0 Å². The molecule has 4 rings (SSSR count). The van der Waals surface area contributed by atoms with E-state index in [4.69, 9.17) is 0 Å². The van der Waals surface area contributed by atoms with Gasteiger partial charge in [0, 0.05) is 49.8 Å². The maximum absolute atomic E-state index is 12.7. The Hall–Kier alpha value is -3.13. The highest BCUT2D eigenvalue weighted by Gasteiger charge is 2.25. The molecule has 2 aliphatic rings. The summed E-state index contributed by atoms with van der Waals surface area (Å²) >= 11 is 0. The number of aryl methyl sites for hydroxylation is 1. The lowest BCUT2D eigenvalue weighted by Gasteiger charge is -2.31. The van der Waals surface area contributed by atoms with Gasteiger partial charge in [-0.25, -0.2) is 0 Å². The van der Waals surface area contributed by atoms with Gasteiger partial charge in [-0.15, -0.1) is 0 Å². The summed E-state index contributed by atoms with van der Waals surface area (Å²) in [4.78, 5) is 41.7. The summed E-state index contributed by atoms with van der Waals surface area (Å²) in [7, 11) is 2.01. The van der Waals surface area contributed by atoms with Crippen LogP contribution in [-0.4, -0.2) is 53.4 Å². The molecule has 8 heteroatoms. The molecule has 0 spiro atoms. The highest BCUT2D eigenvalue weighted by atomic mass is 16.2. The Balaban J connectivity index is 1.38. The average Bonchev–Trinajstić information content (AvgIpc) is 3.08. The van der Waals surface area contributed by atoms with Crippen molar-refractivity contribution in [1.82, 2.24) is 14.8 Å². The van der Waals surface area contributed by atoms with Gasteiger partial charge in [-0.3, -0.25) is 19.3 Å². The fourth-order valence-electron chi connectivity index (χ4n) is 4.94. The number of nitrogens with zero attached hydrogens (tertiary/aromatic N) is 3. The van der Waals surface area contributed by atoms with Gasteiger partial charge < -0.3 is 20.1 Å². The lowest BCUT2D eigenvalue weighted by Crippen LogP contribution is -2.43. The van der Waals surface area contributed by atoms with Gasteiger partial charge >= 0.3 is 11.8 Å². The number of hydrogen-bond donors (Lipinski definition) is 2. The highest BCUT2D eigenvalue weighted by Crippen LogP contribution is 2.25. The van der Waals surface area contributed by atoms with Crippen molar-refractivity contribution in [1.29, 1.82) is 0 Å². The van der Waals surface area contributed by atoms with Gasteiger partial charge in [0.2, 0.25) is 5.91 Å². The Morgan fingerprint density at radius 3 is 2.41 bits per heavy atom. The molecule has 1 atom stereocenters. The van der Waals surface area contributed by atoms with E-state index >= 15 is 0 Å². The molecule has 2 aromatic rings. The Kier molecular flexibility index (Phi) is 8.00. The Morgan fingerprint density at radius 2 is 1.71 bits per heavy atom. The molecule has 2 N–H and O–H groups in total. The summed E-state index contributed by atoms with van der Waals surface area (Å²) in [6.07, 6.45) is 9.17. The molecule has 1 aromatic heterocycles. The molecule has 182 valence electrons. The van der Waals surface area contributed by atoms with Gasteiger partial charge in [0.1, 0.15) is 0 Å². The number of amides is 3. The standard InChI is InChI=1S/C26H35N5O3/c1-29-14-9-12-22(29)23(30-15-5-2-3-6-16-30)19-27-25(33)26(34)28-20-10-8-11-21(18-20)31-17-7-4-13-24(31)32/h8-12,14,18,23H,2-7,13,15-17,19H2,1H3,(H,27,33)(H,28,34). The van der Waals surface area contributed by atoms with Crippen LogP contribution in [0.25, 0.3) is 0 Å². The van der Waals surface area contributed by atoms with Crippen molar-refractivity contribution in [3.05, 3.63) is 48.3 Å². The van der Waals surface area contributed by atoms with Crippen LogP contribution in [-0.2, 0) is 21.4 Å². The Bertz CT molecular complexity index is 1010. The molecule has 2 aliphatic heterocycles. The zero-order chi connectivity index (χ0) is 23.9. The van der Waals surface area contributed by atoms with Crippen molar-refractivity contribution in [2.24, 2.45) is 7.05 Å². The van der Waals surface area contributed by atoms with Gasteiger partial charge in [-0.2, -0.15) is 0 Å². The van der Waals surface area contributed by atoms with Crippen molar-refractivity contribution in [2.75, 3.05) is 36.4 Å². The molecule has 0 saturated carbocycles. The molecule has 1 unspecified atom stereocenters. The summed E-state index contributed by atoms with van der Waals surface area (Å²) in [6.45, 7) is 3.01. The minimum absolute atomic E-state index is 0.0169. The molecule has 0 bridgehead atoms. The molecular weight excluding hydrogens is 430 g/mol. The van der Waals surface area contributed by atoms with Gasteiger partial charge in [-0.1, -0.05) is 18.9 Å². The molecule has 1 aromatic carbocycles. The molecule has 34 heavy (non-hydrogen) atoms. The van der Waals surface area contributed by atoms with Crippen LogP contribution in [0.4, 0.5) is 11.4 Å². The lowest BCUT2D eigenvalue weighted by molar-refractivity contribution is -0.136. The van der Waals surface area contributed by atoms with Crippen LogP contribution in [0.15, 0.2) is 42.6 Å². The van der Waals surface area contributed by atoms with Crippen LogP contribution in [0.2, 0.25) is 0 Å². The van der Waals surface area contributed by atoms with E-state index < -0.39 is 11.8 Å². The smallest absolute Gasteiger partial charge is 0.313 e. The number of carbonyl (C=O) groups excluding carboxylic acids is 3. The predicted octanol–water partition coefficient (Wildman–Crippen LogP) is 3.21. The van der Waals surface area contributed by atoms with E-state index in [1.807, 2.05) is 25.4 Å². The third kappa shape index (κ3) is 5.86. The van der Waals surface area contributed by atoms with Crippen LogP contribution < -0.4 is 15.5 Å². The number of rotatable bonds is 6. The second-order valence-corrected chi connectivity index (χ2v) is 9.23. The second kappa shape index (κ2) is 11.3. The van der Waals surface area contributed by atoms with E-state index in [9.17, 15) is 14.4 Å². The van der Waals surface area contributed by atoms with Crippen molar-refractivity contribution in [2.45, 2.75) is 51.0 Å². The van der Waals surface area contributed by atoms with E-state index in [0.717, 1.165) is 50.2 Å². The number of piperidine rings is 1. The molecule has 3 heterocycles. The topological polar surface area (TPSA) is 86.7 Å². The van der Waals surface area contributed by atoms with Gasteiger partial charge in [0.25, 0.3) is 0 Å². The molecule has 0 radical (unpaired) electrons. The number of nitrogens with one attached hydrogen (secondary N) is 2. The highest BCUT2D eigenvalue weighted by molar-refractivity contribution is 6.39. The van der Waals surface area contributed by atoms with Crippen LogP contribution >= 0.6 is 0 Å². The molecule has 3 amide bonds. The zero-order valence-electron chi connectivity index (χ0n) is 20.0. The summed E-state index contributed by atoms with van der Waals surface area (Å²) in [5.41, 5.74) is 2.37. The molecule has 8 nitrogen and oxygen atoms in total. The fourth-order valence-corrected chi connectivity index (χ4v) is 4.94. The number of benzene rings is 1. The van der Waals surface area contributed by atoms with Crippen LogP contribution in [0.3, 0.4) is 0 Å². The largest absolute Gasteiger partial charge is 0.353 e. The van der Waals surface area contributed by atoms with Crippen LogP contribution in [0.1, 0.15) is 56.7 Å². The number of hydrogen-bond acceptors (Lipinski definition) is 4. The predicted molar refractivity (Wildman–Crippen MR) is 132 cm³/mol. The van der Waals surface area contributed by atoms with Crippen molar-refractivity contribution < 1.29 is 14.4 Å². The summed E-state index contributed by atoms with van der Waals surface area (Å²) in [6, 6.07) is 11.2. The first-order valence-corrected chi connectivity index (χ1v) is 12.4. The third-order valence-electron chi connectivity index (χ3n) is 6.81. The molecule has 2 saturated heterocycles. The first-order valence-electron chi connectivity index (χ1n) is 12.4. The van der Waals surface area contributed by atoms with E-state index in [-0.39, 0.29) is 11.9 Å². The van der Waals surface area contributed by atoms with E-state index in [2.05, 4.69) is 26.2 Å². The fraction of sp³-hybridized carbons (Fsp3) is 0.500. The van der Waals surface area contributed by atoms with Gasteiger partial charge in [0.05, 0.1) is 6.04 Å². The number of likely N-dealkylation sites (tertiary alicyclic amines) is 1. The zero-order valence-corrected chi connectivity index (χ0v) is 20.0.